The Kier molecular flexibility index (Phi) is 6.53. The predicted octanol–water partition coefficient (Wildman–Crippen LogP) is 5.66. The molecule has 1 unspecified atom stereocenters. The Balaban J connectivity index is 1.72. The lowest BCUT2D eigenvalue weighted by Gasteiger charge is -2.29. The number of nitrogens with zero attached hydrogens (tertiary/aromatic N) is 1. The van der Waals surface area contributed by atoms with Gasteiger partial charge in [0.15, 0.2) is 6.29 Å². The minimum Gasteiger partial charge on any atom is -0.345 e. The van der Waals surface area contributed by atoms with Crippen molar-refractivity contribution in [2.24, 2.45) is 0 Å². The van der Waals surface area contributed by atoms with Crippen LogP contribution in [0.5, 0.6) is 0 Å². The fourth-order valence-corrected chi connectivity index (χ4v) is 4.43. The molecule has 0 aromatic heterocycles. The number of hydrogen-bond acceptors (Lipinski definition) is 4. The fraction of sp³-hybridized carbons (Fsp3) is 0.240. The molecule has 154 valence electrons. The van der Waals surface area contributed by atoms with Gasteiger partial charge >= 0.3 is 0 Å². The molecule has 0 N–H and O–H groups in total. The summed E-state index contributed by atoms with van der Waals surface area (Å²) in [4.78, 5) is 16.7. The standard InChI is InChI=1S/C25H25NO3S/c1-18-19(2)29-25(28-18)23(30-22-16-10-5-11-17-22)24(27)26(20-12-6-3-7-13-20)21-14-8-4-9-15-21/h3-19,23,25H,1-2H3/t18-,19-,23?/m1/s1. The molecule has 3 aromatic rings. The molecule has 0 saturated carbocycles. The van der Waals surface area contributed by atoms with Crippen LogP contribution in [0.2, 0.25) is 0 Å². The molecule has 0 aliphatic carbocycles. The van der Waals surface area contributed by atoms with Gasteiger partial charge in [-0.1, -0.05) is 54.6 Å². The van der Waals surface area contributed by atoms with E-state index in [1.54, 1.807) is 4.90 Å². The lowest BCUT2D eigenvalue weighted by Crippen LogP contribution is -2.42. The Bertz CT molecular complexity index is 902. The van der Waals surface area contributed by atoms with Gasteiger partial charge in [-0.05, 0) is 50.2 Å². The van der Waals surface area contributed by atoms with Gasteiger partial charge in [-0.2, -0.15) is 0 Å². The molecule has 5 heteroatoms. The number of anilines is 2. The number of thioether (sulfide) groups is 1. The van der Waals surface area contributed by atoms with Gasteiger partial charge in [0, 0.05) is 16.3 Å². The number of carbonyl (C=O) groups excluding carboxylic acids is 1. The molecule has 0 bridgehead atoms. The summed E-state index contributed by atoms with van der Waals surface area (Å²) in [7, 11) is 0. The minimum absolute atomic E-state index is 0.0661. The third-order valence-corrected chi connectivity index (χ3v) is 6.33. The van der Waals surface area contributed by atoms with E-state index >= 15 is 0 Å². The molecule has 4 rings (SSSR count). The van der Waals surface area contributed by atoms with Crippen molar-refractivity contribution in [3.05, 3.63) is 91.0 Å². The molecule has 1 saturated heterocycles. The fourth-order valence-electron chi connectivity index (χ4n) is 3.37. The number of rotatable bonds is 6. The molecule has 1 aliphatic rings. The maximum absolute atomic E-state index is 14.0. The second kappa shape index (κ2) is 9.47. The van der Waals surface area contributed by atoms with Gasteiger partial charge in [-0.3, -0.25) is 9.69 Å². The van der Waals surface area contributed by atoms with E-state index in [4.69, 9.17) is 9.47 Å². The summed E-state index contributed by atoms with van der Waals surface area (Å²) in [6, 6.07) is 29.3. The zero-order chi connectivity index (χ0) is 20.9. The van der Waals surface area contributed by atoms with Gasteiger partial charge in [0.2, 0.25) is 5.91 Å². The zero-order valence-corrected chi connectivity index (χ0v) is 17.9. The first-order chi connectivity index (χ1) is 14.6. The van der Waals surface area contributed by atoms with E-state index in [0.717, 1.165) is 16.3 Å². The van der Waals surface area contributed by atoms with E-state index < -0.39 is 11.5 Å². The van der Waals surface area contributed by atoms with Crippen LogP contribution < -0.4 is 4.90 Å². The number of benzene rings is 3. The lowest BCUT2D eigenvalue weighted by molar-refractivity contribution is -0.126. The Hall–Kier alpha value is -2.60. The molecule has 3 atom stereocenters. The van der Waals surface area contributed by atoms with Crippen LogP contribution in [-0.4, -0.2) is 29.7 Å². The van der Waals surface area contributed by atoms with E-state index in [9.17, 15) is 4.79 Å². The van der Waals surface area contributed by atoms with Gasteiger partial charge in [-0.25, -0.2) is 0 Å². The Labute approximate surface area is 181 Å². The summed E-state index contributed by atoms with van der Waals surface area (Å²) in [5, 5.41) is -0.555. The van der Waals surface area contributed by atoms with E-state index in [1.165, 1.54) is 11.8 Å². The molecule has 1 fully saturated rings. The minimum atomic E-state index is -0.623. The second-order valence-electron chi connectivity index (χ2n) is 7.25. The normalized spacial score (nSPS) is 20.1. The number of hydrogen-bond donors (Lipinski definition) is 0. The molecule has 3 aromatic carbocycles. The smallest absolute Gasteiger partial charge is 0.250 e. The van der Waals surface area contributed by atoms with E-state index in [-0.39, 0.29) is 18.1 Å². The molecule has 4 nitrogen and oxygen atoms in total. The molecule has 1 heterocycles. The van der Waals surface area contributed by atoms with E-state index in [1.807, 2.05) is 105 Å². The number of carbonyl (C=O) groups is 1. The first-order valence-corrected chi connectivity index (χ1v) is 11.0. The van der Waals surface area contributed by atoms with Crippen LogP contribution in [0, 0.1) is 0 Å². The third-order valence-electron chi connectivity index (χ3n) is 5.10. The van der Waals surface area contributed by atoms with Crippen molar-refractivity contribution < 1.29 is 14.3 Å². The monoisotopic (exact) mass is 419 g/mol. The second-order valence-corrected chi connectivity index (χ2v) is 8.46. The highest BCUT2D eigenvalue weighted by Gasteiger charge is 2.42. The zero-order valence-electron chi connectivity index (χ0n) is 17.0. The molecule has 0 spiro atoms. The van der Waals surface area contributed by atoms with Crippen molar-refractivity contribution in [2.75, 3.05) is 4.90 Å². The lowest BCUT2D eigenvalue weighted by atomic mass is 10.2. The molecular weight excluding hydrogens is 394 g/mol. The van der Waals surface area contributed by atoms with Crippen molar-refractivity contribution in [3.8, 4) is 0 Å². The molecule has 1 amide bonds. The molecule has 30 heavy (non-hydrogen) atoms. The van der Waals surface area contributed by atoms with Crippen molar-refractivity contribution >= 4 is 29.0 Å². The Morgan fingerprint density at radius 2 is 1.20 bits per heavy atom. The number of ether oxygens (including phenoxy) is 2. The van der Waals surface area contributed by atoms with Crippen LogP contribution in [0.4, 0.5) is 11.4 Å². The first kappa shape index (κ1) is 20.7. The van der Waals surface area contributed by atoms with Crippen molar-refractivity contribution in [1.82, 2.24) is 0 Å². The van der Waals surface area contributed by atoms with Crippen LogP contribution in [0.25, 0.3) is 0 Å². The Morgan fingerprint density at radius 1 is 0.767 bits per heavy atom. The van der Waals surface area contributed by atoms with Crippen LogP contribution >= 0.6 is 11.8 Å². The maximum Gasteiger partial charge on any atom is 0.250 e. The van der Waals surface area contributed by atoms with Crippen LogP contribution in [0.1, 0.15) is 13.8 Å². The third kappa shape index (κ3) is 4.59. The number of para-hydroxylation sites is 2. The van der Waals surface area contributed by atoms with E-state index in [0.29, 0.717) is 0 Å². The number of amides is 1. The quantitative estimate of drug-likeness (QED) is 0.483. The first-order valence-electron chi connectivity index (χ1n) is 10.1. The Morgan fingerprint density at radius 3 is 1.67 bits per heavy atom. The highest BCUT2D eigenvalue weighted by Crippen LogP contribution is 2.36. The van der Waals surface area contributed by atoms with E-state index in [2.05, 4.69) is 0 Å². The molecule has 0 radical (unpaired) electrons. The summed E-state index contributed by atoms with van der Waals surface area (Å²) < 4.78 is 12.1. The van der Waals surface area contributed by atoms with Gasteiger partial charge < -0.3 is 9.47 Å². The summed E-state index contributed by atoms with van der Waals surface area (Å²) in [5.74, 6) is -0.0763. The summed E-state index contributed by atoms with van der Waals surface area (Å²) in [6.45, 7) is 3.96. The van der Waals surface area contributed by atoms with Gasteiger partial charge in [0.05, 0.1) is 12.2 Å². The van der Waals surface area contributed by atoms with Gasteiger partial charge in [0.1, 0.15) is 5.25 Å². The molecule has 1 aliphatic heterocycles. The SMILES string of the molecule is C[C@H]1OC(C(Sc2ccccc2)C(=O)N(c2ccccc2)c2ccccc2)O[C@@H]1C. The summed E-state index contributed by atoms with van der Waals surface area (Å²) >= 11 is 1.47. The average molecular weight is 420 g/mol. The topological polar surface area (TPSA) is 38.8 Å². The highest BCUT2D eigenvalue weighted by atomic mass is 32.2. The highest BCUT2D eigenvalue weighted by molar-refractivity contribution is 8.00. The van der Waals surface area contributed by atoms with Crippen LogP contribution in [-0.2, 0) is 14.3 Å². The van der Waals surface area contributed by atoms with Crippen LogP contribution in [0.15, 0.2) is 95.9 Å². The largest absolute Gasteiger partial charge is 0.345 e. The van der Waals surface area contributed by atoms with Crippen LogP contribution in [0.3, 0.4) is 0 Å². The van der Waals surface area contributed by atoms with Gasteiger partial charge in [-0.15, -0.1) is 11.8 Å². The van der Waals surface area contributed by atoms with Crippen molar-refractivity contribution in [1.29, 1.82) is 0 Å². The average Bonchev–Trinajstić information content (AvgIpc) is 3.12. The summed E-state index contributed by atoms with van der Waals surface area (Å²) in [5.41, 5.74) is 1.62. The van der Waals surface area contributed by atoms with Gasteiger partial charge in [0.25, 0.3) is 0 Å². The summed E-state index contributed by atoms with van der Waals surface area (Å²) in [6.07, 6.45) is -0.755. The predicted molar refractivity (Wildman–Crippen MR) is 121 cm³/mol. The van der Waals surface area contributed by atoms with Crippen molar-refractivity contribution in [2.45, 2.75) is 42.5 Å². The molecular formula is C25H25NO3S. The van der Waals surface area contributed by atoms with Crippen molar-refractivity contribution in [3.63, 3.8) is 0 Å². The maximum atomic E-state index is 14.0.